The average molecular weight is 359 g/mol. The Labute approximate surface area is 159 Å². The van der Waals surface area contributed by atoms with Crippen molar-refractivity contribution in [3.63, 3.8) is 0 Å². The Hall–Kier alpha value is -1.95. The van der Waals surface area contributed by atoms with Crippen LogP contribution in [0.25, 0.3) is 11.1 Å². The molecule has 2 heteroatoms. The molecule has 3 atom stereocenters. The van der Waals surface area contributed by atoms with Crippen molar-refractivity contribution in [3.05, 3.63) is 90.0 Å². The SMILES string of the molecule is C[C@@](c1ccc(P)cc1)(c1ccc(-c2ccccc2)cc1)C1CCCN1. The molecule has 1 heterocycles. The summed E-state index contributed by atoms with van der Waals surface area (Å²) >= 11 is 0. The quantitative estimate of drug-likeness (QED) is 0.653. The number of nitrogens with one attached hydrogen (secondary N) is 1. The van der Waals surface area contributed by atoms with Gasteiger partial charge in [-0.3, -0.25) is 0 Å². The van der Waals surface area contributed by atoms with Crippen LogP contribution in [0.4, 0.5) is 0 Å². The fraction of sp³-hybridized carbons (Fsp3) is 0.250. The van der Waals surface area contributed by atoms with E-state index in [4.69, 9.17) is 0 Å². The molecule has 4 rings (SSSR count). The van der Waals surface area contributed by atoms with Crippen LogP contribution in [0.1, 0.15) is 30.9 Å². The second kappa shape index (κ2) is 7.35. The van der Waals surface area contributed by atoms with E-state index < -0.39 is 0 Å². The number of hydrogen-bond donors (Lipinski definition) is 1. The molecular formula is C24H26NP. The first-order valence-corrected chi connectivity index (χ1v) is 10.0. The predicted octanol–water partition coefficient (Wildman–Crippen LogP) is 4.91. The van der Waals surface area contributed by atoms with Crippen LogP contribution in [0.3, 0.4) is 0 Å². The zero-order valence-electron chi connectivity index (χ0n) is 15.3. The predicted molar refractivity (Wildman–Crippen MR) is 115 cm³/mol. The lowest BCUT2D eigenvalue weighted by molar-refractivity contribution is 0.407. The molecular weight excluding hydrogens is 333 g/mol. The number of rotatable bonds is 4. The lowest BCUT2D eigenvalue weighted by Crippen LogP contribution is -2.44. The maximum atomic E-state index is 3.75. The second-order valence-electron chi connectivity index (χ2n) is 7.42. The molecule has 0 aromatic heterocycles. The largest absolute Gasteiger partial charge is 0.313 e. The van der Waals surface area contributed by atoms with E-state index in [-0.39, 0.29) is 5.41 Å². The van der Waals surface area contributed by atoms with Crippen molar-refractivity contribution < 1.29 is 0 Å². The zero-order valence-corrected chi connectivity index (χ0v) is 16.4. The maximum Gasteiger partial charge on any atom is 0.0327 e. The summed E-state index contributed by atoms with van der Waals surface area (Å²) in [5.74, 6) is 0. The van der Waals surface area contributed by atoms with Crippen molar-refractivity contribution in [1.29, 1.82) is 0 Å². The van der Waals surface area contributed by atoms with Gasteiger partial charge < -0.3 is 5.32 Å². The minimum absolute atomic E-state index is 0.0237. The average Bonchev–Trinajstić information content (AvgIpc) is 3.24. The lowest BCUT2D eigenvalue weighted by Gasteiger charge is -2.37. The lowest BCUT2D eigenvalue weighted by atomic mass is 9.70. The minimum atomic E-state index is -0.0237. The Kier molecular flexibility index (Phi) is 4.94. The van der Waals surface area contributed by atoms with Crippen LogP contribution in [0.5, 0.6) is 0 Å². The minimum Gasteiger partial charge on any atom is -0.313 e. The topological polar surface area (TPSA) is 12.0 Å². The van der Waals surface area contributed by atoms with Crippen LogP contribution in [-0.2, 0) is 5.41 Å². The Morgan fingerprint density at radius 3 is 1.96 bits per heavy atom. The Balaban J connectivity index is 1.75. The van der Waals surface area contributed by atoms with Gasteiger partial charge in [-0.25, -0.2) is 0 Å². The van der Waals surface area contributed by atoms with E-state index in [2.05, 4.69) is 100 Å². The van der Waals surface area contributed by atoms with Gasteiger partial charge in [0.25, 0.3) is 0 Å². The molecule has 26 heavy (non-hydrogen) atoms. The van der Waals surface area contributed by atoms with Gasteiger partial charge in [-0.1, -0.05) is 78.9 Å². The summed E-state index contributed by atoms with van der Waals surface area (Å²) in [6.07, 6.45) is 2.48. The molecule has 1 nitrogen and oxygen atoms in total. The van der Waals surface area contributed by atoms with Gasteiger partial charge >= 0.3 is 0 Å². The molecule has 132 valence electrons. The van der Waals surface area contributed by atoms with E-state index in [1.807, 2.05) is 0 Å². The van der Waals surface area contributed by atoms with Crippen molar-refractivity contribution in [3.8, 4) is 11.1 Å². The molecule has 0 bridgehead atoms. The van der Waals surface area contributed by atoms with Crippen LogP contribution in [-0.4, -0.2) is 12.6 Å². The van der Waals surface area contributed by atoms with E-state index in [0.29, 0.717) is 6.04 Å². The first kappa shape index (κ1) is 17.5. The number of benzene rings is 3. The smallest absolute Gasteiger partial charge is 0.0327 e. The zero-order chi connectivity index (χ0) is 18.0. The van der Waals surface area contributed by atoms with Crippen LogP contribution < -0.4 is 10.6 Å². The summed E-state index contributed by atoms with van der Waals surface area (Å²) in [6, 6.07) is 29.2. The summed E-state index contributed by atoms with van der Waals surface area (Å²) in [7, 11) is 2.79. The highest BCUT2D eigenvalue weighted by Gasteiger charge is 2.38. The number of hydrogen-bond acceptors (Lipinski definition) is 1. The molecule has 0 aliphatic carbocycles. The van der Waals surface area contributed by atoms with E-state index in [0.717, 1.165) is 6.54 Å². The van der Waals surface area contributed by atoms with Crippen molar-refractivity contribution in [2.24, 2.45) is 0 Å². The van der Waals surface area contributed by atoms with Crippen LogP contribution in [0.2, 0.25) is 0 Å². The van der Waals surface area contributed by atoms with E-state index >= 15 is 0 Å². The highest BCUT2D eigenvalue weighted by molar-refractivity contribution is 7.27. The molecule has 3 aromatic carbocycles. The van der Waals surface area contributed by atoms with Gasteiger partial charge in [-0.2, -0.15) is 0 Å². The van der Waals surface area contributed by atoms with Crippen molar-refractivity contribution in [1.82, 2.24) is 5.32 Å². The molecule has 0 amide bonds. The molecule has 1 N–H and O–H groups in total. The van der Waals surface area contributed by atoms with E-state index in [9.17, 15) is 0 Å². The summed E-state index contributed by atoms with van der Waals surface area (Å²) in [5, 5.41) is 4.98. The van der Waals surface area contributed by atoms with Gasteiger partial charge in [0.1, 0.15) is 0 Å². The highest BCUT2D eigenvalue weighted by atomic mass is 31.0. The third-order valence-corrected chi connectivity index (χ3v) is 6.24. The summed E-state index contributed by atoms with van der Waals surface area (Å²) in [4.78, 5) is 0. The van der Waals surface area contributed by atoms with Crippen LogP contribution in [0, 0.1) is 0 Å². The third-order valence-electron chi connectivity index (χ3n) is 5.86. The molecule has 0 radical (unpaired) electrons. The van der Waals surface area contributed by atoms with Gasteiger partial charge in [-0.15, -0.1) is 9.24 Å². The molecule has 1 aliphatic heterocycles. The monoisotopic (exact) mass is 359 g/mol. The maximum absolute atomic E-state index is 3.75. The normalized spacial score (nSPS) is 19.2. The molecule has 0 saturated carbocycles. The Morgan fingerprint density at radius 1 is 0.808 bits per heavy atom. The Bertz CT molecular complexity index is 849. The van der Waals surface area contributed by atoms with Gasteiger partial charge in [0.2, 0.25) is 0 Å². The third kappa shape index (κ3) is 3.22. The second-order valence-corrected chi connectivity index (χ2v) is 8.08. The van der Waals surface area contributed by atoms with Crippen molar-refractivity contribution in [2.75, 3.05) is 6.54 Å². The van der Waals surface area contributed by atoms with Gasteiger partial charge in [-0.05, 0) is 53.9 Å². The van der Waals surface area contributed by atoms with Crippen molar-refractivity contribution >= 4 is 14.5 Å². The molecule has 1 saturated heterocycles. The van der Waals surface area contributed by atoms with Crippen molar-refractivity contribution in [2.45, 2.75) is 31.2 Å². The summed E-state index contributed by atoms with van der Waals surface area (Å²) in [5.41, 5.74) is 5.29. The van der Waals surface area contributed by atoms with E-state index in [1.165, 1.54) is 40.4 Å². The van der Waals surface area contributed by atoms with Crippen LogP contribution in [0.15, 0.2) is 78.9 Å². The molecule has 1 aliphatic rings. The summed E-state index contributed by atoms with van der Waals surface area (Å²) in [6.45, 7) is 3.51. The highest BCUT2D eigenvalue weighted by Crippen LogP contribution is 2.39. The van der Waals surface area contributed by atoms with Gasteiger partial charge in [0.05, 0.1) is 0 Å². The van der Waals surface area contributed by atoms with Gasteiger partial charge in [0, 0.05) is 11.5 Å². The first-order valence-electron chi connectivity index (χ1n) is 9.43. The fourth-order valence-corrected chi connectivity index (χ4v) is 4.41. The molecule has 1 fully saturated rings. The fourth-order valence-electron chi connectivity index (χ4n) is 4.22. The molecule has 2 unspecified atom stereocenters. The standard InChI is InChI=1S/C24H26NP/c1-24(23-8-5-17-25-23,21-13-15-22(26)16-14-21)20-11-9-19(10-12-20)18-6-3-2-4-7-18/h2-4,6-7,9-16,23,25H,5,8,17,26H2,1H3/t23?,24-/m0/s1. The van der Waals surface area contributed by atoms with Gasteiger partial charge in [0.15, 0.2) is 0 Å². The summed E-state index contributed by atoms with van der Waals surface area (Å²) < 4.78 is 0. The first-order chi connectivity index (χ1) is 12.7. The molecule has 0 spiro atoms. The molecule has 3 aromatic rings. The van der Waals surface area contributed by atoms with E-state index in [1.54, 1.807) is 0 Å². The van der Waals surface area contributed by atoms with Crippen LogP contribution >= 0.6 is 9.24 Å². The Morgan fingerprint density at radius 2 is 1.38 bits per heavy atom.